The summed E-state index contributed by atoms with van der Waals surface area (Å²) in [6.07, 6.45) is 3.91. The van der Waals surface area contributed by atoms with Crippen LogP contribution in [0.3, 0.4) is 0 Å². The number of aromatic nitrogens is 5. The summed E-state index contributed by atoms with van der Waals surface area (Å²) in [5.41, 5.74) is 2.04. The van der Waals surface area contributed by atoms with E-state index in [1.54, 1.807) is 6.20 Å². The molecule has 0 unspecified atom stereocenters. The van der Waals surface area contributed by atoms with Gasteiger partial charge in [-0.05, 0) is 56.9 Å². The summed E-state index contributed by atoms with van der Waals surface area (Å²) in [6.45, 7) is 6.64. The van der Waals surface area contributed by atoms with Crippen LogP contribution in [0.25, 0.3) is 5.82 Å². The van der Waals surface area contributed by atoms with Crippen LogP contribution in [0, 0.1) is 19.8 Å². The lowest BCUT2D eigenvalue weighted by atomic mass is 9.98. The minimum absolute atomic E-state index is 0.546. The van der Waals surface area contributed by atoms with Crippen LogP contribution in [0.4, 0.5) is 5.82 Å². The normalized spacial score (nSPS) is 15.1. The standard InChI is InChI=1S/C20H24N6O/c1-15-13-16(2)26(24-15)19-7-6-18(22-23-19)25-11-8-17(9-12-25)14-27-20-5-3-4-10-21-20/h3-7,10,13,17H,8-9,11-12,14H2,1-2H3. The first-order valence-electron chi connectivity index (χ1n) is 9.35. The van der Waals surface area contributed by atoms with E-state index in [1.807, 2.05) is 54.9 Å². The van der Waals surface area contributed by atoms with Gasteiger partial charge in [0.15, 0.2) is 11.6 Å². The number of hydrogen-bond acceptors (Lipinski definition) is 6. The lowest BCUT2D eigenvalue weighted by Crippen LogP contribution is -2.36. The Bertz CT molecular complexity index is 869. The summed E-state index contributed by atoms with van der Waals surface area (Å²) in [6, 6.07) is 11.8. The van der Waals surface area contributed by atoms with Gasteiger partial charge in [-0.25, -0.2) is 9.67 Å². The molecule has 0 bridgehead atoms. The molecule has 0 spiro atoms. The summed E-state index contributed by atoms with van der Waals surface area (Å²) >= 11 is 0. The summed E-state index contributed by atoms with van der Waals surface area (Å²) in [5, 5.41) is 13.3. The summed E-state index contributed by atoms with van der Waals surface area (Å²) < 4.78 is 7.62. The van der Waals surface area contributed by atoms with Crippen molar-refractivity contribution in [2.24, 2.45) is 5.92 Å². The molecule has 7 heteroatoms. The molecule has 0 N–H and O–H groups in total. The molecule has 0 aliphatic carbocycles. The average molecular weight is 364 g/mol. The van der Waals surface area contributed by atoms with Gasteiger partial charge < -0.3 is 9.64 Å². The van der Waals surface area contributed by atoms with Crippen molar-refractivity contribution in [2.75, 3.05) is 24.6 Å². The number of pyridine rings is 1. The van der Waals surface area contributed by atoms with Gasteiger partial charge in [-0.15, -0.1) is 10.2 Å². The van der Waals surface area contributed by atoms with Crippen LogP contribution in [-0.4, -0.2) is 44.7 Å². The van der Waals surface area contributed by atoms with Gasteiger partial charge >= 0.3 is 0 Å². The molecule has 1 aliphatic heterocycles. The largest absolute Gasteiger partial charge is 0.477 e. The van der Waals surface area contributed by atoms with E-state index < -0.39 is 0 Å². The van der Waals surface area contributed by atoms with Gasteiger partial charge in [-0.2, -0.15) is 5.10 Å². The predicted molar refractivity (Wildman–Crippen MR) is 103 cm³/mol. The molecule has 3 aromatic heterocycles. The van der Waals surface area contributed by atoms with Crippen LogP contribution in [0.5, 0.6) is 5.88 Å². The third-order valence-electron chi connectivity index (χ3n) is 4.91. The number of aryl methyl sites for hydroxylation is 2. The Balaban J connectivity index is 1.32. The van der Waals surface area contributed by atoms with Gasteiger partial charge in [0.2, 0.25) is 5.88 Å². The Morgan fingerprint density at radius 1 is 1.04 bits per heavy atom. The van der Waals surface area contributed by atoms with Crippen molar-refractivity contribution in [2.45, 2.75) is 26.7 Å². The van der Waals surface area contributed by atoms with E-state index in [0.29, 0.717) is 18.4 Å². The fourth-order valence-corrected chi connectivity index (χ4v) is 3.43. The summed E-state index contributed by atoms with van der Waals surface area (Å²) in [7, 11) is 0. The first-order valence-corrected chi connectivity index (χ1v) is 9.35. The van der Waals surface area contributed by atoms with Crippen LogP contribution in [0.15, 0.2) is 42.6 Å². The molecule has 0 atom stereocenters. The molecule has 3 aromatic rings. The van der Waals surface area contributed by atoms with Crippen molar-refractivity contribution in [3.05, 3.63) is 54.0 Å². The number of hydrogen-bond donors (Lipinski definition) is 0. The number of nitrogens with zero attached hydrogens (tertiary/aromatic N) is 6. The first-order chi connectivity index (χ1) is 13.2. The first kappa shape index (κ1) is 17.5. The van der Waals surface area contributed by atoms with Crippen LogP contribution in [0.1, 0.15) is 24.2 Å². The fourth-order valence-electron chi connectivity index (χ4n) is 3.43. The molecule has 0 saturated carbocycles. The molecule has 27 heavy (non-hydrogen) atoms. The van der Waals surface area contributed by atoms with Gasteiger partial charge in [0.05, 0.1) is 12.3 Å². The molecule has 1 saturated heterocycles. The molecular formula is C20H24N6O. The highest BCUT2D eigenvalue weighted by molar-refractivity contribution is 5.40. The van der Waals surface area contributed by atoms with Crippen molar-refractivity contribution >= 4 is 5.82 Å². The van der Waals surface area contributed by atoms with Crippen molar-refractivity contribution in [3.63, 3.8) is 0 Å². The molecule has 1 aliphatic rings. The molecular weight excluding hydrogens is 340 g/mol. The van der Waals surface area contributed by atoms with Crippen LogP contribution in [0.2, 0.25) is 0 Å². The van der Waals surface area contributed by atoms with Gasteiger partial charge in [0.25, 0.3) is 0 Å². The van der Waals surface area contributed by atoms with E-state index in [0.717, 1.165) is 49.0 Å². The molecule has 0 radical (unpaired) electrons. The van der Waals surface area contributed by atoms with E-state index in [9.17, 15) is 0 Å². The quantitative estimate of drug-likeness (QED) is 0.693. The van der Waals surface area contributed by atoms with Crippen molar-refractivity contribution in [3.8, 4) is 11.7 Å². The van der Waals surface area contributed by atoms with Crippen LogP contribution in [-0.2, 0) is 0 Å². The highest BCUT2D eigenvalue weighted by atomic mass is 16.5. The Kier molecular flexibility index (Phi) is 5.00. The van der Waals surface area contributed by atoms with Gasteiger partial charge in [0.1, 0.15) is 0 Å². The third-order valence-corrected chi connectivity index (χ3v) is 4.91. The number of anilines is 1. The number of ether oxygens (including phenoxy) is 1. The average Bonchev–Trinajstić information content (AvgIpc) is 3.06. The summed E-state index contributed by atoms with van der Waals surface area (Å²) in [4.78, 5) is 6.50. The lowest BCUT2D eigenvalue weighted by molar-refractivity contribution is 0.216. The monoisotopic (exact) mass is 364 g/mol. The zero-order valence-corrected chi connectivity index (χ0v) is 15.7. The van der Waals surface area contributed by atoms with E-state index in [4.69, 9.17) is 4.74 Å². The van der Waals surface area contributed by atoms with E-state index in [2.05, 4.69) is 25.2 Å². The maximum Gasteiger partial charge on any atom is 0.213 e. The van der Waals surface area contributed by atoms with Crippen molar-refractivity contribution < 1.29 is 4.74 Å². The van der Waals surface area contributed by atoms with E-state index in [-0.39, 0.29) is 0 Å². The zero-order chi connectivity index (χ0) is 18.6. The van der Waals surface area contributed by atoms with Gasteiger partial charge in [-0.3, -0.25) is 0 Å². The van der Waals surface area contributed by atoms with Gasteiger partial charge in [0, 0.05) is 31.0 Å². The highest BCUT2D eigenvalue weighted by Gasteiger charge is 2.21. The minimum Gasteiger partial charge on any atom is -0.477 e. The smallest absolute Gasteiger partial charge is 0.213 e. The Morgan fingerprint density at radius 2 is 1.81 bits per heavy atom. The molecule has 7 nitrogen and oxygen atoms in total. The third kappa shape index (κ3) is 4.07. The molecule has 140 valence electrons. The molecule has 4 rings (SSSR count). The lowest BCUT2D eigenvalue weighted by Gasteiger charge is -2.32. The predicted octanol–water partition coefficient (Wildman–Crippen LogP) is 2.97. The number of rotatable bonds is 5. The Labute approximate surface area is 159 Å². The van der Waals surface area contributed by atoms with E-state index >= 15 is 0 Å². The van der Waals surface area contributed by atoms with Gasteiger partial charge in [-0.1, -0.05) is 6.07 Å². The number of piperidine rings is 1. The van der Waals surface area contributed by atoms with Crippen molar-refractivity contribution in [1.82, 2.24) is 25.0 Å². The minimum atomic E-state index is 0.546. The second-order valence-electron chi connectivity index (χ2n) is 7.00. The zero-order valence-electron chi connectivity index (χ0n) is 15.7. The molecule has 4 heterocycles. The Morgan fingerprint density at radius 3 is 2.44 bits per heavy atom. The second kappa shape index (κ2) is 7.73. The summed E-state index contributed by atoms with van der Waals surface area (Å²) in [5.74, 6) is 2.92. The molecule has 0 aromatic carbocycles. The second-order valence-corrected chi connectivity index (χ2v) is 7.00. The molecule has 1 fully saturated rings. The molecule has 0 amide bonds. The maximum absolute atomic E-state index is 5.80. The van der Waals surface area contributed by atoms with Crippen LogP contribution < -0.4 is 9.64 Å². The van der Waals surface area contributed by atoms with E-state index in [1.165, 1.54) is 0 Å². The maximum atomic E-state index is 5.80. The van der Waals surface area contributed by atoms with Crippen LogP contribution >= 0.6 is 0 Å². The Hall–Kier alpha value is -2.96. The fraction of sp³-hybridized carbons (Fsp3) is 0.400. The SMILES string of the molecule is Cc1cc(C)n(-c2ccc(N3CCC(COc4ccccn4)CC3)nn2)n1. The topological polar surface area (TPSA) is 69.0 Å². The highest BCUT2D eigenvalue weighted by Crippen LogP contribution is 2.22. The van der Waals surface area contributed by atoms with Crippen molar-refractivity contribution in [1.29, 1.82) is 0 Å².